The van der Waals surface area contributed by atoms with Gasteiger partial charge in [-0.2, -0.15) is 26.3 Å². The number of carbonyl (C=O) groups excluding carboxylic acids is 1. The largest absolute Gasteiger partial charge is 0.416 e. The number of carbonyl (C=O) groups is 1. The van der Waals surface area contributed by atoms with Crippen molar-refractivity contribution in [1.29, 1.82) is 5.41 Å². The van der Waals surface area contributed by atoms with Crippen molar-refractivity contribution in [3.8, 4) is 0 Å². The van der Waals surface area contributed by atoms with Crippen LogP contribution in [0.2, 0.25) is 0 Å². The fourth-order valence-electron chi connectivity index (χ4n) is 2.05. The lowest BCUT2D eigenvalue weighted by Gasteiger charge is -2.15. The van der Waals surface area contributed by atoms with Gasteiger partial charge in [-0.15, -0.1) is 0 Å². The normalized spacial score (nSPS) is 11.8. The SMILES string of the molecule is N=C(N)c1ccc(NC(=O)Nc2cc(C(F)(F)F)cc(C(F)(F)F)c2)cc1. The lowest BCUT2D eigenvalue weighted by molar-refractivity contribution is -0.143. The molecule has 5 N–H and O–H groups in total. The average molecular weight is 390 g/mol. The van der Waals surface area contributed by atoms with E-state index in [9.17, 15) is 31.1 Å². The summed E-state index contributed by atoms with van der Waals surface area (Å²) >= 11 is 0. The van der Waals surface area contributed by atoms with Crippen molar-refractivity contribution in [2.75, 3.05) is 10.6 Å². The summed E-state index contributed by atoms with van der Waals surface area (Å²) in [6.07, 6.45) is -10.0. The van der Waals surface area contributed by atoms with Crippen molar-refractivity contribution in [2.45, 2.75) is 12.4 Å². The summed E-state index contributed by atoms with van der Waals surface area (Å²) < 4.78 is 76.8. The number of nitrogen functional groups attached to an aromatic ring is 1. The molecule has 0 saturated carbocycles. The van der Waals surface area contributed by atoms with Crippen molar-refractivity contribution < 1.29 is 31.1 Å². The molecule has 0 unspecified atom stereocenters. The number of hydrogen-bond acceptors (Lipinski definition) is 2. The average Bonchev–Trinajstić information content (AvgIpc) is 2.53. The van der Waals surface area contributed by atoms with Gasteiger partial charge in [0.2, 0.25) is 0 Å². The molecule has 0 aliphatic rings. The lowest BCUT2D eigenvalue weighted by Crippen LogP contribution is -2.21. The highest BCUT2D eigenvalue weighted by Crippen LogP contribution is 2.37. The molecule has 144 valence electrons. The molecule has 0 atom stereocenters. The van der Waals surface area contributed by atoms with Crippen LogP contribution in [0.4, 0.5) is 42.5 Å². The molecule has 0 spiro atoms. The first-order valence-electron chi connectivity index (χ1n) is 7.18. The maximum atomic E-state index is 12.8. The molecule has 0 aromatic heterocycles. The van der Waals surface area contributed by atoms with Crippen LogP contribution in [0.1, 0.15) is 16.7 Å². The van der Waals surface area contributed by atoms with E-state index in [0.717, 1.165) is 0 Å². The van der Waals surface area contributed by atoms with Crippen molar-refractivity contribution >= 4 is 23.2 Å². The molecule has 0 aliphatic heterocycles. The molecule has 2 rings (SSSR count). The number of halogens is 6. The molecular weight excluding hydrogens is 378 g/mol. The first kappa shape index (κ1) is 20.1. The van der Waals surface area contributed by atoms with Gasteiger partial charge in [0.15, 0.2) is 0 Å². The second kappa shape index (κ2) is 7.17. The highest BCUT2D eigenvalue weighted by atomic mass is 19.4. The molecule has 2 amide bonds. The topological polar surface area (TPSA) is 91.0 Å². The van der Waals surface area contributed by atoms with Crippen molar-refractivity contribution in [3.63, 3.8) is 0 Å². The number of nitrogens with two attached hydrogens (primary N) is 1. The standard InChI is InChI=1S/C16H12F6N4O/c17-15(18,19)9-5-10(16(20,21)22)7-12(6-9)26-14(27)25-11-3-1-8(2-4-11)13(23)24/h1-7H,(H3,23,24)(H2,25,26,27). The Bertz CT molecular complexity index is 826. The highest BCUT2D eigenvalue weighted by Gasteiger charge is 2.37. The molecule has 0 aliphatic carbocycles. The fraction of sp³-hybridized carbons (Fsp3) is 0.125. The number of urea groups is 1. The van der Waals surface area contributed by atoms with Gasteiger partial charge in [-0.3, -0.25) is 5.41 Å². The van der Waals surface area contributed by atoms with Gasteiger partial charge >= 0.3 is 18.4 Å². The zero-order valence-corrected chi connectivity index (χ0v) is 13.3. The molecule has 0 fully saturated rings. The number of benzene rings is 2. The van der Waals surface area contributed by atoms with Gasteiger partial charge in [-0.05, 0) is 42.5 Å². The minimum atomic E-state index is -5.02. The molecule has 0 bridgehead atoms. The quantitative estimate of drug-likeness (QED) is 0.349. The van der Waals surface area contributed by atoms with E-state index in [-0.39, 0.29) is 17.6 Å². The highest BCUT2D eigenvalue weighted by molar-refractivity contribution is 6.00. The number of alkyl halides is 6. The number of hydrogen-bond donors (Lipinski definition) is 4. The molecule has 11 heteroatoms. The maximum Gasteiger partial charge on any atom is 0.416 e. The van der Waals surface area contributed by atoms with Gasteiger partial charge in [0.25, 0.3) is 0 Å². The van der Waals surface area contributed by atoms with E-state index in [4.69, 9.17) is 11.1 Å². The van der Waals surface area contributed by atoms with Crippen LogP contribution in [0.15, 0.2) is 42.5 Å². The third-order valence-electron chi connectivity index (χ3n) is 3.30. The Morgan fingerprint density at radius 1 is 0.815 bits per heavy atom. The van der Waals surface area contributed by atoms with Crippen LogP contribution in [0.3, 0.4) is 0 Å². The molecule has 2 aromatic carbocycles. The second-order valence-electron chi connectivity index (χ2n) is 5.36. The van der Waals surface area contributed by atoms with Gasteiger partial charge in [0, 0.05) is 16.9 Å². The van der Waals surface area contributed by atoms with Crippen LogP contribution in [0.25, 0.3) is 0 Å². The maximum absolute atomic E-state index is 12.8. The van der Waals surface area contributed by atoms with Crippen LogP contribution in [-0.2, 0) is 12.4 Å². The van der Waals surface area contributed by atoms with Gasteiger partial charge < -0.3 is 16.4 Å². The Morgan fingerprint density at radius 3 is 1.67 bits per heavy atom. The number of amides is 2. The second-order valence-corrected chi connectivity index (χ2v) is 5.36. The Labute approximate surface area is 148 Å². The number of nitrogens with one attached hydrogen (secondary N) is 3. The zero-order valence-electron chi connectivity index (χ0n) is 13.3. The van der Waals surface area contributed by atoms with Crippen molar-refractivity contribution in [3.05, 3.63) is 59.2 Å². The zero-order chi connectivity index (χ0) is 20.4. The van der Waals surface area contributed by atoms with Gasteiger partial charge in [0.1, 0.15) is 5.84 Å². The fourth-order valence-corrected chi connectivity index (χ4v) is 2.05. The summed E-state index contributed by atoms with van der Waals surface area (Å²) in [5.74, 6) is -0.213. The monoisotopic (exact) mass is 390 g/mol. The van der Waals surface area contributed by atoms with Gasteiger partial charge in [-0.25, -0.2) is 4.79 Å². The van der Waals surface area contributed by atoms with Crippen molar-refractivity contribution in [2.24, 2.45) is 5.73 Å². The van der Waals surface area contributed by atoms with Crippen LogP contribution < -0.4 is 16.4 Å². The summed E-state index contributed by atoms with van der Waals surface area (Å²) in [6, 6.07) is 5.25. The van der Waals surface area contributed by atoms with Gasteiger partial charge in [0.05, 0.1) is 11.1 Å². The van der Waals surface area contributed by atoms with E-state index in [1.54, 1.807) is 0 Å². The first-order valence-corrected chi connectivity index (χ1v) is 7.18. The van der Waals surface area contributed by atoms with Crippen LogP contribution in [0.5, 0.6) is 0 Å². The molecule has 5 nitrogen and oxygen atoms in total. The summed E-state index contributed by atoms with van der Waals surface area (Å²) in [4.78, 5) is 11.9. The lowest BCUT2D eigenvalue weighted by atomic mass is 10.1. The number of rotatable bonds is 3. The predicted octanol–water partition coefficient (Wildman–Crippen LogP) is 4.65. The van der Waals surface area contributed by atoms with E-state index in [0.29, 0.717) is 17.7 Å². The molecule has 2 aromatic rings. The molecule has 0 saturated heterocycles. The minimum absolute atomic E-state index is 0.0381. The van der Waals surface area contributed by atoms with Gasteiger partial charge in [-0.1, -0.05) is 0 Å². The predicted molar refractivity (Wildman–Crippen MR) is 86.5 cm³/mol. The molecule has 0 heterocycles. The van der Waals surface area contributed by atoms with Crippen LogP contribution in [0, 0.1) is 5.41 Å². The summed E-state index contributed by atoms with van der Waals surface area (Å²) in [7, 11) is 0. The molecule has 0 radical (unpaired) electrons. The van der Waals surface area contributed by atoms with E-state index >= 15 is 0 Å². The van der Waals surface area contributed by atoms with E-state index in [1.807, 2.05) is 5.32 Å². The Morgan fingerprint density at radius 2 is 1.26 bits per heavy atom. The van der Waals surface area contributed by atoms with E-state index < -0.39 is 35.2 Å². The molecular formula is C16H12F6N4O. The van der Waals surface area contributed by atoms with Crippen LogP contribution >= 0.6 is 0 Å². The number of amidine groups is 1. The Hall–Kier alpha value is -3.24. The Balaban J connectivity index is 2.22. The third kappa shape index (κ3) is 5.36. The Kier molecular flexibility index (Phi) is 5.33. The smallest absolute Gasteiger partial charge is 0.384 e. The van der Waals surface area contributed by atoms with Crippen LogP contribution in [-0.4, -0.2) is 11.9 Å². The summed E-state index contributed by atoms with van der Waals surface area (Å²) in [5.41, 5.74) is 2.07. The molecule has 27 heavy (non-hydrogen) atoms. The third-order valence-corrected chi connectivity index (χ3v) is 3.30. The van der Waals surface area contributed by atoms with E-state index in [2.05, 4.69) is 5.32 Å². The first-order chi connectivity index (χ1) is 12.4. The summed E-state index contributed by atoms with van der Waals surface area (Å²) in [5, 5.41) is 11.4. The summed E-state index contributed by atoms with van der Waals surface area (Å²) in [6.45, 7) is 0. The van der Waals surface area contributed by atoms with E-state index in [1.165, 1.54) is 24.3 Å². The van der Waals surface area contributed by atoms with Crippen molar-refractivity contribution in [1.82, 2.24) is 0 Å². The minimum Gasteiger partial charge on any atom is -0.384 e. The number of anilines is 2.